The summed E-state index contributed by atoms with van der Waals surface area (Å²) in [5, 5.41) is 4.82. The smallest absolute Gasteiger partial charge is 0.267 e. The van der Waals surface area contributed by atoms with Crippen molar-refractivity contribution in [2.75, 3.05) is 5.32 Å². The molecule has 0 bridgehead atoms. The molecule has 1 heterocycles. The highest BCUT2D eigenvalue weighted by Crippen LogP contribution is 2.16. The number of benzene rings is 2. The predicted molar refractivity (Wildman–Crippen MR) is 115 cm³/mol. The van der Waals surface area contributed by atoms with Gasteiger partial charge in [-0.3, -0.25) is 9.78 Å². The zero-order valence-electron chi connectivity index (χ0n) is 15.0. The number of primary amides is 1. The second-order valence-electron chi connectivity index (χ2n) is 6.21. The highest BCUT2D eigenvalue weighted by atomic mass is 79.9. The van der Waals surface area contributed by atoms with Gasteiger partial charge in [0.25, 0.3) is 5.91 Å². The van der Waals surface area contributed by atoms with E-state index in [-0.39, 0.29) is 5.69 Å². The number of hydrogen-bond donors (Lipinski definition) is 4. The van der Waals surface area contributed by atoms with Crippen LogP contribution in [0.3, 0.4) is 0 Å². The molecule has 142 valence electrons. The number of carbonyl (C=O) groups is 1. The van der Waals surface area contributed by atoms with Crippen LogP contribution < -0.4 is 33.0 Å². The molecule has 0 unspecified atom stereocenters. The van der Waals surface area contributed by atoms with E-state index in [1.54, 1.807) is 18.3 Å². The molecule has 0 radical (unpaired) electrons. The monoisotopic (exact) mass is 437 g/mol. The minimum Gasteiger partial charge on any atom is -0.401 e. The van der Waals surface area contributed by atoms with Crippen molar-refractivity contribution in [3.05, 3.63) is 93.0 Å². The van der Waals surface area contributed by atoms with Gasteiger partial charge in [0.05, 0.1) is 0 Å². The lowest BCUT2D eigenvalue weighted by Crippen LogP contribution is -2.36. The molecule has 6 nitrogen and oxygen atoms in total. The lowest BCUT2D eigenvalue weighted by Gasteiger charge is -2.09. The van der Waals surface area contributed by atoms with E-state index in [0.29, 0.717) is 17.9 Å². The summed E-state index contributed by atoms with van der Waals surface area (Å²) >= 11 is 3.45. The van der Waals surface area contributed by atoms with Gasteiger partial charge in [-0.05, 0) is 35.9 Å². The normalized spacial score (nSPS) is 12.9. The fourth-order valence-electron chi connectivity index (χ4n) is 2.82. The number of anilines is 1. The summed E-state index contributed by atoms with van der Waals surface area (Å²) in [5.41, 5.74) is 20.5. The molecule has 3 rings (SSSR count). The number of hydrogen-bond acceptors (Lipinski definition) is 5. The zero-order valence-corrected chi connectivity index (χ0v) is 16.6. The molecule has 0 atom stereocenters. The number of pyridine rings is 1. The molecule has 28 heavy (non-hydrogen) atoms. The van der Waals surface area contributed by atoms with Gasteiger partial charge in [0.2, 0.25) is 0 Å². The van der Waals surface area contributed by atoms with Crippen molar-refractivity contribution in [1.82, 2.24) is 4.98 Å². The molecular weight excluding hydrogens is 418 g/mol. The number of nitrogens with two attached hydrogens (primary N) is 3. The molecule has 0 fully saturated rings. The van der Waals surface area contributed by atoms with Gasteiger partial charge in [-0.2, -0.15) is 0 Å². The predicted octanol–water partition coefficient (Wildman–Crippen LogP) is 1.39. The third-order valence-corrected chi connectivity index (χ3v) is 4.63. The van der Waals surface area contributed by atoms with Gasteiger partial charge in [0.1, 0.15) is 11.5 Å². The molecule has 0 saturated heterocycles. The Bertz CT molecular complexity index is 1140. The second-order valence-corrected chi connectivity index (χ2v) is 7.13. The first-order valence-electron chi connectivity index (χ1n) is 8.55. The van der Waals surface area contributed by atoms with Crippen LogP contribution in [0.4, 0.5) is 5.69 Å². The minimum absolute atomic E-state index is 0.209. The number of nitrogens with one attached hydrogen (secondary N) is 1. The Kier molecular flexibility index (Phi) is 5.96. The Morgan fingerprint density at radius 1 is 0.964 bits per heavy atom. The van der Waals surface area contributed by atoms with Crippen molar-refractivity contribution in [2.24, 2.45) is 17.2 Å². The number of carbonyl (C=O) groups excluding carboxylic acids is 1. The molecule has 0 aliphatic carbocycles. The fraction of sp³-hybridized carbons (Fsp3) is 0.0476. The topological polar surface area (TPSA) is 120 Å². The number of rotatable bonds is 5. The van der Waals surface area contributed by atoms with Crippen molar-refractivity contribution in [3.63, 3.8) is 0 Å². The third kappa shape index (κ3) is 4.69. The van der Waals surface area contributed by atoms with E-state index >= 15 is 0 Å². The van der Waals surface area contributed by atoms with E-state index in [4.69, 9.17) is 17.2 Å². The van der Waals surface area contributed by atoms with Crippen molar-refractivity contribution < 1.29 is 4.79 Å². The average molecular weight is 438 g/mol. The largest absolute Gasteiger partial charge is 0.401 e. The van der Waals surface area contributed by atoms with Crippen molar-refractivity contribution in [3.8, 4) is 0 Å². The first-order valence-corrected chi connectivity index (χ1v) is 9.34. The molecular formula is C21H20BrN5O. The zero-order chi connectivity index (χ0) is 20.1. The lowest BCUT2D eigenvalue weighted by molar-refractivity contribution is 0.0995. The van der Waals surface area contributed by atoms with Crippen LogP contribution in [0, 0.1) is 0 Å². The molecule has 0 aliphatic heterocycles. The second kappa shape index (κ2) is 8.58. The molecule has 1 aromatic heterocycles. The van der Waals surface area contributed by atoms with Gasteiger partial charge in [-0.15, -0.1) is 0 Å². The number of amides is 1. The van der Waals surface area contributed by atoms with Crippen LogP contribution in [0.1, 0.15) is 16.1 Å². The molecule has 0 aliphatic rings. The van der Waals surface area contributed by atoms with Gasteiger partial charge in [-0.25, -0.2) is 0 Å². The van der Waals surface area contributed by atoms with Gasteiger partial charge in [0, 0.05) is 38.9 Å². The van der Waals surface area contributed by atoms with Gasteiger partial charge in [0.15, 0.2) is 0 Å². The standard InChI is InChI=1S/C21H20BrN5O/c22-14-4-3-5-15(12-14)27-20(24)17-7-2-1-6-16(17)18(23)10-13-8-9-26-19(11-13)21(25)28/h1-9,11-12,27H,10,23-24H2,(H2,25,28)/b18-16-,20-17+. The summed E-state index contributed by atoms with van der Waals surface area (Å²) in [5.74, 6) is -0.0826. The molecule has 0 spiro atoms. The quantitative estimate of drug-likeness (QED) is 0.480. The third-order valence-electron chi connectivity index (χ3n) is 4.14. The molecule has 2 aromatic carbocycles. The van der Waals surface area contributed by atoms with E-state index in [2.05, 4.69) is 26.2 Å². The Labute approximate surface area is 170 Å². The maximum Gasteiger partial charge on any atom is 0.267 e. The van der Waals surface area contributed by atoms with Crippen LogP contribution in [0.2, 0.25) is 0 Å². The van der Waals surface area contributed by atoms with Crippen LogP contribution in [-0.2, 0) is 6.42 Å². The lowest BCUT2D eigenvalue weighted by atomic mass is 10.1. The van der Waals surface area contributed by atoms with Crippen LogP contribution in [0.25, 0.3) is 11.5 Å². The van der Waals surface area contributed by atoms with Crippen LogP contribution in [0.15, 0.2) is 71.3 Å². The Hall–Kier alpha value is -3.32. The molecule has 0 saturated carbocycles. The van der Waals surface area contributed by atoms with E-state index in [0.717, 1.165) is 26.2 Å². The van der Waals surface area contributed by atoms with Crippen LogP contribution in [0.5, 0.6) is 0 Å². The Morgan fingerprint density at radius 2 is 1.71 bits per heavy atom. The fourth-order valence-corrected chi connectivity index (χ4v) is 3.22. The molecule has 1 amide bonds. The first-order chi connectivity index (χ1) is 13.4. The number of halogens is 1. The van der Waals surface area contributed by atoms with Crippen molar-refractivity contribution in [1.29, 1.82) is 0 Å². The van der Waals surface area contributed by atoms with Gasteiger partial charge < -0.3 is 22.5 Å². The van der Waals surface area contributed by atoms with Crippen molar-refractivity contribution in [2.45, 2.75) is 6.42 Å². The Morgan fingerprint density at radius 3 is 2.43 bits per heavy atom. The van der Waals surface area contributed by atoms with E-state index in [1.165, 1.54) is 0 Å². The van der Waals surface area contributed by atoms with E-state index in [1.807, 2.05) is 48.5 Å². The van der Waals surface area contributed by atoms with Crippen molar-refractivity contribution >= 4 is 39.0 Å². The maximum atomic E-state index is 11.3. The summed E-state index contributed by atoms with van der Waals surface area (Å²) in [6.07, 6.45) is 1.98. The summed E-state index contributed by atoms with van der Waals surface area (Å²) in [4.78, 5) is 15.3. The van der Waals surface area contributed by atoms with Gasteiger partial charge in [-0.1, -0.05) is 46.3 Å². The average Bonchev–Trinajstić information content (AvgIpc) is 2.68. The first kappa shape index (κ1) is 19.4. The summed E-state index contributed by atoms with van der Waals surface area (Å²) in [7, 11) is 0. The molecule has 7 N–H and O–H groups in total. The number of aromatic nitrogens is 1. The van der Waals surface area contributed by atoms with E-state index < -0.39 is 5.91 Å². The number of nitrogens with zero attached hydrogens (tertiary/aromatic N) is 1. The minimum atomic E-state index is -0.573. The highest BCUT2D eigenvalue weighted by Gasteiger charge is 2.05. The molecule has 3 aromatic rings. The SMILES string of the molecule is NC(=O)c1cc(C/C(N)=c2\cccc\c2=C(\N)Nc2cccc(Br)c2)ccn1. The summed E-state index contributed by atoms with van der Waals surface area (Å²) < 4.78 is 0.951. The summed E-state index contributed by atoms with van der Waals surface area (Å²) in [6, 6.07) is 18.8. The Balaban J connectivity index is 2.02. The van der Waals surface area contributed by atoms with Crippen LogP contribution >= 0.6 is 15.9 Å². The van der Waals surface area contributed by atoms with Crippen LogP contribution in [-0.4, -0.2) is 10.9 Å². The van der Waals surface area contributed by atoms with E-state index in [9.17, 15) is 4.79 Å². The van der Waals surface area contributed by atoms with Gasteiger partial charge >= 0.3 is 0 Å². The highest BCUT2D eigenvalue weighted by molar-refractivity contribution is 9.10. The summed E-state index contributed by atoms with van der Waals surface area (Å²) in [6.45, 7) is 0. The maximum absolute atomic E-state index is 11.3. The molecule has 7 heteroatoms.